The molecule has 4 aliphatic heterocycles. The number of nitrogens with zero attached hydrogens (tertiary/aromatic N) is 4. The fourth-order valence-corrected chi connectivity index (χ4v) is 5.06. The van der Waals surface area contributed by atoms with E-state index in [0.717, 1.165) is 51.2 Å². The van der Waals surface area contributed by atoms with Crippen LogP contribution in [0.5, 0.6) is 5.75 Å². The summed E-state index contributed by atoms with van der Waals surface area (Å²) in [5.41, 5.74) is 0.701. The first-order valence-electron chi connectivity index (χ1n) is 11.1. The van der Waals surface area contributed by atoms with Crippen molar-refractivity contribution >= 4 is 23.5 Å². The number of rotatable bonds is 2. The molecule has 5 rings (SSSR count). The highest BCUT2D eigenvalue weighted by Crippen LogP contribution is 2.34. The van der Waals surface area contributed by atoms with E-state index in [0.29, 0.717) is 24.0 Å². The fourth-order valence-electron chi connectivity index (χ4n) is 5.06. The highest BCUT2D eigenvalue weighted by atomic mass is 16.5. The Morgan fingerprint density at radius 2 is 2.00 bits per heavy atom. The maximum Gasteiger partial charge on any atom is 0.338 e. The number of nitrogens with one attached hydrogen (secondary N) is 1. The molecular weight excluding hydrogens is 398 g/mol. The number of likely N-dealkylation sites (N-methyl/N-ethyl adjacent to an activating group) is 1. The number of hydrazine groups is 1. The van der Waals surface area contributed by atoms with E-state index in [1.807, 2.05) is 24.3 Å². The number of carbonyl (C=O) groups is 2. The van der Waals surface area contributed by atoms with E-state index >= 15 is 0 Å². The van der Waals surface area contributed by atoms with Crippen LogP contribution in [0.25, 0.3) is 0 Å². The Labute approximate surface area is 181 Å². The number of urea groups is 1. The van der Waals surface area contributed by atoms with Crippen molar-refractivity contribution in [2.24, 2.45) is 10.9 Å². The minimum absolute atomic E-state index is 0.0941. The Balaban J connectivity index is 1.30. The molecule has 0 radical (unpaired) electrons. The number of anilines is 1. The van der Waals surface area contributed by atoms with Crippen LogP contribution in [0.1, 0.15) is 32.1 Å². The van der Waals surface area contributed by atoms with E-state index in [-0.39, 0.29) is 24.6 Å². The summed E-state index contributed by atoms with van der Waals surface area (Å²) in [6.45, 7) is 1.93. The molecule has 9 nitrogen and oxygen atoms in total. The van der Waals surface area contributed by atoms with Crippen LogP contribution in [0.15, 0.2) is 29.3 Å². The van der Waals surface area contributed by atoms with Gasteiger partial charge in [-0.15, -0.1) is 0 Å². The lowest BCUT2D eigenvalue weighted by atomic mass is 9.86. The van der Waals surface area contributed by atoms with Gasteiger partial charge in [-0.3, -0.25) is 9.80 Å². The standard InChI is InChI=1S/C22H29N5O4/c1-25-18-5-2-3-7-19(18)31-13-16(21(25)28)24-22(29)26-14-23-20-8-4-6-17(27(20)26)15-9-11-30-12-10-15/h2-3,5,7,15-17H,4,6,8-14H2,1H3,(H,24,29)/t16-,17?/m0/s1. The third-order valence-corrected chi connectivity index (χ3v) is 6.73. The highest BCUT2D eigenvalue weighted by molar-refractivity contribution is 6.00. The SMILES string of the molecule is CN1C(=O)[C@@H](NC(=O)N2CN=C3CCCC(C4CCOCC4)N32)COc2ccccc21. The first kappa shape index (κ1) is 20.1. The summed E-state index contributed by atoms with van der Waals surface area (Å²) in [7, 11) is 1.71. The lowest BCUT2D eigenvalue weighted by Gasteiger charge is -2.44. The van der Waals surface area contributed by atoms with Crippen LogP contribution in [0.2, 0.25) is 0 Å². The number of aliphatic imine (C=N–C) groups is 1. The first-order valence-corrected chi connectivity index (χ1v) is 11.1. The van der Waals surface area contributed by atoms with Crippen molar-refractivity contribution in [3.63, 3.8) is 0 Å². The second-order valence-electron chi connectivity index (χ2n) is 8.55. The minimum Gasteiger partial charge on any atom is -0.489 e. The van der Waals surface area contributed by atoms with E-state index in [2.05, 4.69) is 15.3 Å². The Hall–Kier alpha value is -2.81. The molecule has 0 aromatic heterocycles. The minimum atomic E-state index is -0.764. The van der Waals surface area contributed by atoms with E-state index in [1.165, 1.54) is 0 Å². The number of hydrogen-bond acceptors (Lipinski definition) is 6. The molecule has 166 valence electrons. The molecule has 4 heterocycles. The lowest BCUT2D eigenvalue weighted by Crippen LogP contribution is -2.60. The van der Waals surface area contributed by atoms with Gasteiger partial charge < -0.3 is 19.7 Å². The van der Waals surface area contributed by atoms with Crippen LogP contribution in [0, 0.1) is 5.92 Å². The van der Waals surface area contributed by atoms with Gasteiger partial charge in [0.1, 0.15) is 30.9 Å². The molecule has 1 unspecified atom stereocenters. The van der Waals surface area contributed by atoms with Gasteiger partial charge in [0.05, 0.1) is 11.7 Å². The van der Waals surface area contributed by atoms with Crippen LogP contribution in [0.3, 0.4) is 0 Å². The monoisotopic (exact) mass is 427 g/mol. The molecular formula is C22H29N5O4. The number of amides is 3. The van der Waals surface area contributed by atoms with Crippen molar-refractivity contribution in [1.29, 1.82) is 0 Å². The number of ether oxygens (including phenoxy) is 2. The third kappa shape index (κ3) is 3.71. The molecule has 2 fully saturated rings. The molecule has 0 aliphatic carbocycles. The molecule has 1 aromatic rings. The number of fused-ring (bicyclic) bond motifs is 2. The van der Waals surface area contributed by atoms with Crippen LogP contribution in [0.4, 0.5) is 10.5 Å². The number of benzene rings is 1. The fraction of sp³-hybridized carbons (Fsp3) is 0.591. The maximum atomic E-state index is 13.3. The van der Waals surface area contributed by atoms with E-state index in [1.54, 1.807) is 17.0 Å². The number of hydrogen-bond donors (Lipinski definition) is 1. The highest BCUT2D eigenvalue weighted by Gasteiger charge is 2.42. The summed E-state index contributed by atoms with van der Waals surface area (Å²) in [5, 5.41) is 6.66. The lowest BCUT2D eigenvalue weighted by molar-refractivity contribution is -0.120. The van der Waals surface area contributed by atoms with Gasteiger partial charge in [0.2, 0.25) is 0 Å². The summed E-state index contributed by atoms with van der Waals surface area (Å²) in [5.74, 6) is 1.90. The maximum absolute atomic E-state index is 13.3. The quantitative estimate of drug-likeness (QED) is 0.780. The zero-order valence-electron chi connectivity index (χ0n) is 17.8. The largest absolute Gasteiger partial charge is 0.489 e. The molecule has 0 saturated carbocycles. The van der Waals surface area contributed by atoms with Gasteiger partial charge in [-0.1, -0.05) is 12.1 Å². The molecule has 1 aromatic carbocycles. The second-order valence-corrected chi connectivity index (χ2v) is 8.55. The van der Waals surface area contributed by atoms with Crippen LogP contribution < -0.4 is 15.0 Å². The number of amidine groups is 1. The predicted octanol–water partition coefficient (Wildman–Crippen LogP) is 1.99. The van der Waals surface area contributed by atoms with Gasteiger partial charge in [-0.25, -0.2) is 14.8 Å². The van der Waals surface area contributed by atoms with Gasteiger partial charge in [0, 0.05) is 26.7 Å². The average Bonchev–Trinajstić information content (AvgIpc) is 3.21. The second kappa shape index (κ2) is 8.37. The molecule has 31 heavy (non-hydrogen) atoms. The molecule has 1 N–H and O–H groups in total. The Kier molecular flexibility index (Phi) is 5.43. The van der Waals surface area contributed by atoms with Crippen molar-refractivity contribution in [3.8, 4) is 5.75 Å². The number of piperidine rings is 1. The summed E-state index contributed by atoms with van der Waals surface area (Å²) in [6.07, 6.45) is 5.01. The normalized spacial score (nSPS) is 26.5. The van der Waals surface area contributed by atoms with Crippen molar-refractivity contribution in [1.82, 2.24) is 15.3 Å². The number of para-hydroxylation sites is 2. The van der Waals surface area contributed by atoms with Crippen LogP contribution in [-0.2, 0) is 9.53 Å². The molecule has 0 spiro atoms. The Bertz CT molecular complexity index is 884. The average molecular weight is 428 g/mol. The zero-order chi connectivity index (χ0) is 21.4. The van der Waals surface area contributed by atoms with Crippen molar-refractivity contribution in [2.45, 2.75) is 44.2 Å². The predicted molar refractivity (Wildman–Crippen MR) is 115 cm³/mol. The molecule has 9 heteroatoms. The van der Waals surface area contributed by atoms with Crippen LogP contribution in [-0.4, -0.2) is 73.4 Å². The third-order valence-electron chi connectivity index (χ3n) is 6.73. The summed E-state index contributed by atoms with van der Waals surface area (Å²) >= 11 is 0. The summed E-state index contributed by atoms with van der Waals surface area (Å²) < 4.78 is 11.4. The van der Waals surface area contributed by atoms with Gasteiger partial charge >= 0.3 is 6.03 Å². The Morgan fingerprint density at radius 1 is 1.19 bits per heavy atom. The molecule has 2 saturated heterocycles. The topological polar surface area (TPSA) is 86.7 Å². The van der Waals surface area contributed by atoms with Gasteiger partial charge in [-0.2, -0.15) is 0 Å². The summed E-state index contributed by atoms with van der Waals surface area (Å²) in [6, 6.07) is 6.57. The molecule has 0 bridgehead atoms. The zero-order valence-corrected chi connectivity index (χ0v) is 17.8. The Morgan fingerprint density at radius 3 is 2.84 bits per heavy atom. The van der Waals surface area contributed by atoms with Crippen molar-refractivity contribution < 1.29 is 19.1 Å². The molecule has 3 amide bonds. The van der Waals surface area contributed by atoms with Gasteiger partial charge in [-0.05, 0) is 43.7 Å². The molecule has 4 aliphatic rings. The summed E-state index contributed by atoms with van der Waals surface area (Å²) in [4.78, 5) is 32.5. The number of carbonyl (C=O) groups excluding carboxylic acids is 2. The smallest absolute Gasteiger partial charge is 0.338 e. The molecule has 2 atom stereocenters. The van der Waals surface area contributed by atoms with Gasteiger partial charge in [0.15, 0.2) is 0 Å². The van der Waals surface area contributed by atoms with Crippen molar-refractivity contribution in [3.05, 3.63) is 24.3 Å². The van der Waals surface area contributed by atoms with E-state index < -0.39 is 6.04 Å². The van der Waals surface area contributed by atoms with E-state index in [4.69, 9.17) is 9.47 Å². The van der Waals surface area contributed by atoms with E-state index in [9.17, 15) is 9.59 Å². The first-order chi connectivity index (χ1) is 15.1. The van der Waals surface area contributed by atoms with Gasteiger partial charge in [0.25, 0.3) is 5.91 Å². The van der Waals surface area contributed by atoms with Crippen LogP contribution >= 0.6 is 0 Å². The van der Waals surface area contributed by atoms with Crippen molar-refractivity contribution in [2.75, 3.05) is 38.4 Å².